The summed E-state index contributed by atoms with van der Waals surface area (Å²) < 4.78 is 10.6. The third-order valence-corrected chi connectivity index (χ3v) is 3.65. The van der Waals surface area contributed by atoms with Gasteiger partial charge in [0.05, 0.1) is 13.0 Å². The van der Waals surface area contributed by atoms with E-state index in [0.29, 0.717) is 24.2 Å². The van der Waals surface area contributed by atoms with E-state index in [1.807, 2.05) is 24.3 Å². The summed E-state index contributed by atoms with van der Waals surface area (Å²) in [6.45, 7) is 7.23. The van der Waals surface area contributed by atoms with E-state index in [-0.39, 0.29) is 5.92 Å². The largest absolute Gasteiger partial charge is 0.497 e. The van der Waals surface area contributed by atoms with Crippen LogP contribution in [-0.2, 0) is 6.42 Å². The van der Waals surface area contributed by atoms with Crippen LogP contribution in [0, 0.1) is 0 Å². The maximum atomic E-state index is 5.39. The Labute approximate surface area is 125 Å². The summed E-state index contributed by atoms with van der Waals surface area (Å²) >= 11 is 0. The molecule has 5 heteroatoms. The first-order valence-electron chi connectivity index (χ1n) is 7.32. The van der Waals surface area contributed by atoms with Crippen LogP contribution in [0.1, 0.15) is 44.0 Å². The summed E-state index contributed by atoms with van der Waals surface area (Å²) in [5.74, 6) is 2.41. The van der Waals surface area contributed by atoms with Crippen molar-refractivity contribution in [2.24, 2.45) is 0 Å². The zero-order valence-corrected chi connectivity index (χ0v) is 13.1. The topological polar surface area (TPSA) is 60.2 Å². The average molecular weight is 289 g/mol. The molecule has 2 rings (SSSR count). The highest BCUT2D eigenvalue weighted by atomic mass is 16.5. The SMILES string of the molecule is CCNC(C)C(C)c1nc(Cc2cccc(OC)c2)no1. The van der Waals surface area contributed by atoms with Crippen molar-refractivity contribution in [2.75, 3.05) is 13.7 Å². The van der Waals surface area contributed by atoms with Crippen LogP contribution in [-0.4, -0.2) is 29.8 Å². The molecule has 0 saturated carbocycles. The zero-order chi connectivity index (χ0) is 15.2. The van der Waals surface area contributed by atoms with E-state index >= 15 is 0 Å². The summed E-state index contributed by atoms with van der Waals surface area (Å²) in [5.41, 5.74) is 1.11. The molecule has 0 saturated heterocycles. The van der Waals surface area contributed by atoms with Gasteiger partial charge in [0.25, 0.3) is 0 Å². The first-order chi connectivity index (χ1) is 10.1. The molecule has 1 aromatic carbocycles. The van der Waals surface area contributed by atoms with Crippen LogP contribution < -0.4 is 10.1 Å². The predicted octanol–water partition coefficient (Wildman–Crippen LogP) is 2.77. The van der Waals surface area contributed by atoms with Crippen LogP contribution in [0.15, 0.2) is 28.8 Å². The molecule has 0 aliphatic carbocycles. The lowest BCUT2D eigenvalue weighted by Crippen LogP contribution is -2.30. The van der Waals surface area contributed by atoms with E-state index in [4.69, 9.17) is 9.26 Å². The molecular formula is C16H23N3O2. The van der Waals surface area contributed by atoms with Gasteiger partial charge in [-0.25, -0.2) is 0 Å². The van der Waals surface area contributed by atoms with Gasteiger partial charge in [0.15, 0.2) is 5.82 Å². The highest BCUT2D eigenvalue weighted by Gasteiger charge is 2.20. The summed E-state index contributed by atoms with van der Waals surface area (Å²) in [5, 5.41) is 7.45. The van der Waals surface area contributed by atoms with Gasteiger partial charge in [-0.05, 0) is 31.2 Å². The van der Waals surface area contributed by atoms with Crippen molar-refractivity contribution in [3.05, 3.63) is 41.5 Å². The summed E-state index contributed by atoms with van der Waals surface area (Å²) in [6, 6.07) is 8.21. The summed E-state index contributed by atoms with van der Waals surface area (Å²) in [6.07, 6.45) is 0.642. The van der Waals surface area contributed by atoms with Crippen LogP contribution >= 0.6 is 0 Å². The number of benzene rings is 1. The minimum atomic E-state index is 0.191. The predicted molar refractivity (Wildman–Crippen MR) is 81.7 cm³/mol. The molecular weight excluding hydrogens is 266 g/mol. The Morgan fingerprint density at radius 2 is 2.14 bits per heavy atom. The average Bonchev–Trinajstić information content (AvgIpc) is 2.95. The molecule has 1 aromatic heterocycles. The Morgan fingerprint density at radius 1 is 1.33 bits per heavy atom. The van der Waals surface area contributed by atoms with Gasteiger partial charge in [-0.15, -0.1) is 0 Å². The van der Waals surface area contributed by atoms with Gasteiger partial charge in [-0.2, -0.15) is 4.98 Å². The lowest BCUT2D eigenvalue weighted by atomic mass is 10.0. The summed E-state index contributed by atoms with van der Waals surface area (Å²) in [7, 11) is 1.66. The molecule has 0 fully saturated rings. The van der Waals surface area contributed by atoms with Crippen molar-refractivity contribution in [2.45, 2.75) is 39.2 Å². The fraction of sp³-hybridized carbons (Fsp3) is 0.500. The molecule has 5 nitrogen and oxygen atoms in total. The number of hydrogen-bond donors (Lipinski definition) is 1. The molecule has 0 spiro atoms. The van der Waals surface area contributed by atoms with Crippen molar-refractivity contribution < 1.29 is 9.26 Å². The number of methoxy groups -OCH3 is 1. The molecule has 0 radical (unpaired) electrons. The van der Waals surface area contributed by atoms with E-state index in [1.54, 1.807) is 7.11 Å². The van der Waals surface area contributed by atoms with E-state index in [9.17, 15) is 0 Å². The molecule has 0 aliphatic rings. The zero-order valence-electron chi connectivity index (χ0n) is 13.1. The maximum absolute atomic E-state index is 5.39. The molecule has 1 heterocycles. The normalized spacial score (nSPS) is 13.9. The number of aromatic nitrogens is 2. The van der Waals surface area contributed by atoms with Crippen LogP contribution in [0.25, 0.3) is 0 Å². The molecule has 2 atom stereocenters. The number of ether oxygens (including phenoxy) is 1. The second-order valence-corrected chi connectivity index (χ2v) is 5.21. The number of nitrogens with one attached hydrogen (secondary N) is 1. The molecule has 21 heavy (non-hydrogen) atoms. The Bertz CT molecular complexity index is 568. The second-order valence-electron chi connectivity index (χ2n) is 5.21. The van der Waals surface area contributed by atoms with Crippen LogP contribution in [0.2, 0.25) is 0 Å². The Kier molecular flexibility index (Phi) is 5.33. The quantitative estimate of drug-likeness (QED) is 0.849. The minimum absolute atomic E-state index is 0.191. The fourth-order valence-electron chi connectivity index (χ4n) is 2.20. The Hall–Kier alpha value is -1.88. The molecule has 0 amide bonds. The number of nitrogens with zero attached hydrogens (tertiary/aromatic N) is 2. The van der Waals surface area contributed by atoms with Gasteiger partial charge in [-0.1, -0.05) is 31.1 Å². The van der Waals surface area contributed by atoms with Crippen LogP contribution in [0.5, 0.6) is 5.75 Å². The second kappa shape index (κ2) is 7.22. The highest BCUT2D eigenvalue weighted by Crippen LogP contribution is 2.19. The first-order valence-corrected chi connectivity index (χ1v) is 7.32. The summed E-state index contributed by atoms with van der Waals surface area (Å²) in [4.78, 5) is 4.51. The van der Waals surface area contributed by atoms with E-state index in [0.717, 1.165) is 17.9 Å². The molecule has 0 bridgehead atoms. The van der Waals surface area contributed by atoms with Gasteiger partial charge >= 0.3 is 0 Å². The van der Waals surface area contributed by atoms with Crippen molar-refractivity contribution >= 4 is 0 Å². The number of likely N-dealkylation sites (N-methyl/N-ethyl adjacent to an activating group) is 1. The molecule has 2 aromatic rings. The molecule has 2 unspecified atom stereocenters. The Morgan fingerprint density at radius 3 is 2.86 bits per heavy atom. The van der Waals surface area contributed by atoms with Crippen LogP contribution in [0.3, 0.4) is 0 Å². The highest BCUT2D eigenvalue weighted by molar-refractivity contribution is 5.30. The monoisotopic (exact) mass is 289 g/mol. The van der Waals surface area contributed by atoms with Crippen molar-refractivity contribution in [3.8, 4) is 5.75 Å². The van der Waals surface area contributed by atoms with Gasteiger partial charge in [-0.3, -0.25) is 0 Å². The molecule has 114 valence electrons. The molecule has 0 aliphatic heterocycles. The van der Waals surface area contributed by atoms with Gasteiger partial charge in [0, 0.05) is 12.5 Å². The minimum Gasteiger partial charge on any atom is -0.497 e. The number of hydrogen-bond acceptors (Lipinski definition) is 5. The van der Waals surface area contributed by atoms with Gasteiger partial charge in [0.1, 0.15) is 5.75 Å². The van der Waals surface area contributed by atoms with Crippen molar-refractivity contribution in [1.29, 1.82) is 0 Å². The van der Waals surface area contributed by atoms with Crippen molar-refractivity contribution in [1.82, 2.24) is 15.5 Å². The lowest BCUT2D eigenvalue weighted by Gasteiger charge is -2.16. The Balaban J connectivity index is 2.05. The van der Waals surface area contributed by atoms with Crippen molar-refractivity contribution in [3.63, 3.8) is 0 Å². The van der Waals surface area contributed by atoms with Gasteiger partial charge < -0.3 is 14.6 Å². The van der Waals surface area contributed by atoms with Gasteiger partial charge in [0.2, 0.25) is 5.89 Å². The smallest absolute Gasteiger partial charge is 0.231 e. The molecule has 1 N–H and O–H groups in total. The number of rotatable bonds is 7. The third kappa shape index (κ3) is 4.04. The first kappa shape index (κ1) is 15.5. The van der Waals surface area contributed by atoms with E-state index in [1.165, 1.54) is 0 Å². The lowest BCUT2D eigenvalue weighted by molar-refractivity contribution is 0.330. The third-order valence-electron chi connectivity index (χ3n) is 3.65. The standard InChI is InChI=1S/C16H23N3O2/c1-5-17-12(3)11(2)16-18-15(19-21-16)10-13-7-6-8-14(9-13)20-4/h6-9,11-12,17H,5,10H2,1-4H3. The van der Waals surface area contributed by atoms with E-state index < -0.39 is 0 Å². The fourth-order valence-corrected chi connectivity index (χ4v) is 2.20. The van der Waals surface area contributed by atoms with Crippen LogP contribution in [0.4, 0.5) is 0 Å². The van der Waals surface area contributed by atoms with E-state index in [2.05, 4.69) is 36.2 Å². The maximum Gasteiger partial charge on any atom is 0.231 e.